The number of aryl methyl sites for hydroxylation is 9. The number of nitrogens with zero attached hydrogens (tertiary/aromatic N) is 11. The highest BCUT2D eigenvalue weighted by molar-refractivity contribution is 6.40. The third-order valence-corrected chi connectivity index (χ3v) is 29.1. The predicted octanol–water partition coefficient (Wildman–Crippen LogP) is 21.3. The monoisotopic (exact) mass is 1890 g/mol. The van der Waals surface area contributed by atoms with Gasteiger partial charge in [0.2, 0.25) is 0 Å². The standard InChI is InChI=1S/C27H27Cl2N3O3.C27H27Cl2N3O2.C26H25Cl2N3O2.C26H28N2O2/c1-16-10-18(14-30)11-25-22(16)12-19(31(25)3)13-23-24(28)5-4-21(26(23)29)27(34)32-8-6-20(7-9-32)35-15-17(2)33;1-15-9-18(13-30)10-25-22(15)11-19(31(25)4)12-23-24(28)6-5-21(26(23)29)27(34)32-8-7-20(17(3)33)16(2)14-32;1-15-10-17(14-29)11-24-21(15)12-19(30(24)3)13-22-23(27)5-4-20(25(22)28)26(33)31-8-6-18(7-9-31)16(2)32;1-6-20-13-18(3)24-16-21(27(5)25(24)14-20)15-23-17(2)7-8-22(19(23)4)26(29)28-9-11-30-12-10-28/h4-5,10-12,20H,6-9,13,15H2,1-3H3;5-6,9-11,16,20H,7-8,12,14H2,1-4H3;4-5,10-12,18H,6-9,13H2,1-3H3;1,7-8,13-14,16H,9-12,15H2,2-5H3. The van der Waals surface area contributed by atoms with Gasteiger partial charge in [0.15, 0.2) is 5.78 Å². The van der Waals surface area contributed by atoms with Crippen molar-refractivity contribution in [2.75, 3.05) is 72.2 Å². The average Bonchev–Trinajstić information content (AvgIpc) is 0.806. The van der Waals surface area contributed by atoms with Crippen LogP contribution in [-0.2, 0) is 77.7 Å². The molecular formula is C106H107Cl6N11O9. The molecule has 682 valence electrons. The molecule has 4 fully saturated rings. The molecular weight excluding hydrogens is 1780 g/mol. The van der Waals surface area contributed by atoms with E-state index in [1.165, 1.54) is 34.7 Å². The molecule has 2 unspecified atom stereocenters. The van der Waals surface area contributed by atoms with Crippen LogP contribution >= 0.6 is 69.6 Å². The number of rotatable bonds is 17. The Labute approximate surface area is 801 Å². The number of halogens is 6. The molecule has 4 aliphatic rings. The molecule has 0 aliphatic carbocycles. The molecule has 4 saturated heterocycles. The molecule has 20 nitrogen and oxygen atoms in total. The SMILES string of the molecule is C#Cc1cc(C)c2cc(Cc3c(C)ccc(C(=O)N4CCOCC4)c3C)n(C)c2c1.CC(=O)C1CCN(C(=O)c2ccc(Cl)c(Cc3cc4c(C)cc(C#N)cc4n3C)c2Cl)CC1.CC(=O)C1CCN(C(=O)c2ccc(Cl)c(Cc3cc4c(C)cc(C#N)cc4n3C)c2Cl)CC1C.CC(=O)COC1CCN(C(=O)c2ccc(Cl)c(Cc3cc4c(C)cc(C#N)cc4n3C)c2Cl)CC1. The molecule has 26 heteroatoms. The molecule has 2 atom stereocenters. The number of ketones is 3. The number of likely N-dealkylation sites (tertiary alicyclic amines) is 3. The topological polar surface area (TPSA) is 242 Å². The third kappa shape index (κ3) is 21.1. The number of carbonyl (C=O) groups excluding carboxylic acids is 7. The van der Waals surface area contributed by atoms with E-state index in [0.29, 0.717) is 197 Å². The van der Waals surface area contributed by atoms with Gasteiger partial charge in [-0.3, -0.25) is 33.6 Å². The quantitative estimate of drug-likeness (QED) is 0.0773. The number of fused-ring (bicyclic) bond motifs is 4. The second-order valence-corrected chi connectivity index (χ2v) is 37.7. The van der Waals surface area contributed by atoms with Crippen LogP contribution in [0.3, 0.4) is 0 Å². The lowest BCUT2D eigenvalue weighted by molar-refractivity contribution is -0.124. The minimum atomic E-state index is -0.136. The van der Waals surface area contributed by atoms with E-state index in [-0.39, 0.29) is 71.4 Å². The van der Waals surface area contributed by atoms with Crippen LogP contribution in [0, 0.1) is 106 Å². The van der Waals surface area contributed by atoms with Crippen molar-refractivity contribution in [2.24, 2.45) is 45.9 Å². The van der Waals surface area contributed by atoms with E-state index in [0.717, 1.165) is 95.1 Å². The minimum absolute atomic E-state index is 0.00298. The highest BCUT2D eigenvalue weighted by Gasteiger charge is 2.35. The number of benzene rings is 8. The van der Waals surface area contributed by atoms with Gasteiger partial charge in [-0.15, -0.1) is 6.42 Å². The Morgan fingerprint density at radius 3 is 1.10 bits per heavy atom. The molecule has 12 aromatic rings. The van der Waals surface area contributed by atoms with Gasteiger partial charge in [-0.1, -0.05) is 88.5 Å². The Hall–Kier alpha value is -11.5. The number of morpholine rings is 1. The summed E-state index contributed by atoms with van der Waals surface area (Å²) in [6.07, 6.45) is 11.1. The average molecular weight is 1890 g/mol. The normalized spacial score (nSPS) is 15.3. The number of nitriles is 3. The van der Waals surface area contributed by atoms with Crippen molar-refractivity contribution in [3.63, 3.8) is 0 Å². The third-order valence-electron chi connectivity index (χ3n) is 26.8. The lowest BCUT2D eigenvalue weighted by Gasteiger charge is -2.36. The van der Waals surface area contributed by atoms with Gasteiger partial charge in [0, 0.05) is 211 Å². The second kappa shape index (κ2) is 42.2. The van der Waals surface area contributed by atoms with Crippen LogP contribution in [0.1, 0.15) is 202 Å². The van der Waals surface area contributed by atoms with Crippen LogP contribution < -0.4 is 0 Å². The van der Waals surface area contributed by atoms with Crippen molar-refractivity contribution < 1.29 is 43.0 Å². The van der Waals surface area contributed by atoms with Gasteiger partial charge in [-0.05, 0) is 271 Å². The van der Waals surface area contributed by atoms with Gasteiger partial charge < -0.3 is 47.3 Å². The summed E-state index contributed by atoms with van der Waals surface area (Å²) in [4.78, 5) is 94.9. The Balaban J connectivity index is 0.000000150. The smallest absolute Gasteiger partial charge is 0.255 e. The summed E-state index contributed by atoms with van der Waals surface area (Å²) >= 11 is 39.9. The number of terminal acetylenes is 1. The van der Waals surface area contributed by atoms with Crippen LogP contribution in [0.5, 0.6) is 0 Å². The summed E-state index contributed by atoms with van der Waals surface area (Å²) in [7, 11) is 7.95. The second-order valence-electron chi connectivity index (χ2n) is 35.4. The van der Waals surface area contributed by atoms with Gasteiger partial charge in [-0.25, -0.2) is 0 Å². The first-order chi connectivity index (χ1) is 62.9. The summed E-state index contributed by atoms with van der Waals surface area (Å²) < 4.78 is 19.3. The van der Waals surface area contributed by atoms with Crippen molar-refractivity contribution >= 4 is 154 Å². The number of Topliss-reactive ketones (excluding diaryl/α,β-unsaturated/α-hetero) is 3. The van der Waals surface area contributed by atoms with E-state index in [2.05, 4.69) is 99.0 Å². The maximum atomic E-state index is 13.4. The maximum Gasteiger partial charge on any atom is 0.255 e. The number of piperidine rings is 3. The summed E-state index contributed by atoms with van der Waals surface area (Å²) in [5.74, 6) is 2.94. The predicted molar refractivity (Wildman–Crippen MR) is 525 cm³/mol. The van der Waals surface area contributed by atoms with Gasteiger partial charge >= 0.3 is 0 Å². The fraction of sp³-hybridized carbons (Fsp3) is 0.358. The molecule has 4 aromatic heterocycles. The highest BCUT2D eigenvalue weighted by Crippen LogP contribution is 2.40. The first kappa shape index (κ1) is 98.0. The van der Waals surface area contributed by atoms with Gasteiger partial charge in [0.1, 0.15) is 18.2 Å². The Morgan fingerprint density at radius 1 is 0.409 bits per heavy atom. The summed E-state index contributed by atoms with van der Waals surface area (Å²) in [5.41, 5.74) is 22.9. The largest absolute Gasteiger partial charge is 0.378 e. The van der Waals surface area contributed by atoms with Gasteiger partial charge in [0.05, 0.1) is 86.0 Å². The fourth-order valence-corrected chi connectivity index (χ4v) is 20.6. The zero-order valence-electron chi connectivity index (χ0n) is 76.9. The molecule has 0 radical (unpaired) electrons. The first-order valence-corrected chi connectivity index (χ1v) is 46.6. The van der Waals surface area contributed by atoms with Gasteiger partial charge in [0.25, 0.3) is 23.6 Å². The molecule has 4 aliphatic heterocycles. The Kier molecular flexibility index (Phi) is 31.3. The molecule has 0 bridgehead atoms. The Bertz CT molecular complexity index is 6800. The summed E-state index contributed by atoms with van der Waals surface area (Å²) in [6, 6.07) is 44.8. The van der Waals surface area contributed by atoms with E-state index in [1.54, 1.807) is 64.9 Å². The molecule has 0 saturated carbocycles. The van der Waals surface area contributed by atoms with E-state index < -0.39 is 0 Å². The van der Waals surface area contributed by atoms with Crippen LogP contribution in [0.25, 0.3) is 43.6 Å². The Morgan fingerprint density at radius 2 is 0.742 bits per heavy atom. The number of aromatic nitrogens is 4. The van der Waals surface area contributed by atoms with E-state index in [1.807, 2.05) is 110 Å². The zero-order chi connectivity index (χ0) is 95.3. The number of amides is 4. The molecule has 4 amide bonds. The summed E-state index contributed by atoms with van der Waals surface area (Å²) in [6.45, 7) is 24.9. The van der Waals surface area contributed by atoms with E-state index in [9.17, 15) is 49.3 Å². The van der Waals surface area contributed by atoms with Crippen molar-refractivity contribution in [1.82, 2.24) is 37.9 Å². The van der Waals surface area contributed by atoms with Crippen molar-refractivity contribution in [3.8, 4) is 30.6 Å². The van der Waals surface area contributed by atoms with E-state index in [4.69, 9.17) is 85.5 Å². The molecule has 8 aromatic carbocycles. The minimum Gasteiger partial charge on any atom is -0.378 e. The van der Waals surface area contributed by atoms with Crippen LogP contribution in [0.2, 0.25) is 30.1 Å². The van der Waals surface area contributed by atoms with Crippen LogP contribution in [0.4, 0.5) is 0 Å². The van der Waals surface area contributed by atoms with Crippen molar-refractivity contribution in [1.29, 1.82) is 15.8 Å². The number of ether oxygens (including phenoxy) is 2. The molecule has 0 spiro atoms. The van der Waals surface area contributed by atoms with Crippen molar-refractivity contribution in [3.05, 3.63) is 274 Å². The number of hydrogen-bond donors (Lipinski definition) is 0. The van der Waals surface area contributed by atoms with Gasteiger partial charge in [-0.2, -0.15) is 15.8 Å². The lowest BCUT2D eigenvalue weighted by atomic mass is 9.84. The lowest BCUT2D eigenvalue weighted by Crippen LogP contribution is -2.44. The van der Waals surface area contributed by atoms with E-state index >= 15 is 0 Å². The zero-order valence-corrected chi connectivity index (χ0v) is 81.5. The van der Waals surface area contributed by atoms with Crippen molar-refractivity contribution in [2.45, 2.75) is 133 Å². The van der Waals surface area contributed by atoms with Crippen LogP contribution in [0.15, 0.2) is 121 Å². The van der Waals surface area contributed by atoms with Crippen LogP contribution in [-0.4, -0.2) is 157 Å². The molecule has 0 N–H and O–H groups in total. The maximum absolute atomic E-state index is 13.4. The summed E-state index contributed by atoms with van der Waals surface area (Å²) in [5, 5.41) is 35.0. The number of carbonyl (C=O) groups is 7. The fourth-order valence-electron chi connectivity index (χ4n) is 18.8. The molecule has 132 heavy (non-hydrogen) atoms. The molecule has 8 heterocycles. The highest BCUT2D eigenvalue weighted by atomic mass is 35.5. The number of hydrogen-bond acceptors (Lipinski definition) is 12. The molecule has 16 rings (SSSR count). The first-order valence-electron chi connectivity index (χ1n) is 44.3.